The van der Waals surface area contributed by atoms with E-state index in [2.05, 4.69) is 20.3 Å². The summed E-state index contributed by atoms with van der Waals surface area (Å²) in [5.74, 6) is -2.47. The van der Waals surface area contributed by atoms with Crippen LogP contribution in [0.2, 0.25) is 0 Å². The minimum absolute atomic E-state index is 0.0304. The summed E-state index contributed by atoms with van der Waals surface area (Å²) in [6, 6.07) is -0.768. The van der Waals surface area contributed by atoms with Crippen molar-refractivity contribution in [3.05, 3.63) is 28.8 Å². The fraction of sp³-hybridized carbons (Fsp3) is 0.567. The average molecular weight is 656 g/mol. The number of hydrogen-bond donors (Lipinski definition) is 2. The lowest BCUT2D eigenvalue weighted by atomic mass is 9.95. The van der Waals surface area contributed by atoms with Gasteiger partial charge in [0.05, 0.1) is 28.9 Å². The summed E-state index contributed by atoms with van der Waals surface area (Å²) in [5, 5.41) is 3.32. The van der Waals surface area contributed by atoms with Crippen molar-refractivity contribution >= 4 is 22.4 Å². The van der Waals surface area contributed by atoms with Gasteiger partial charge in [0, 0.05) is 25.2 Å². The fourth-order valence-corrected chi connectivity index (χ4v) is 7.68. The van der Waals surface area contributed by atoms with E-state index in [4.69, 9.17) is 15.2 Å². The third-order valence-corrected chi connectivity index (χ3v) is 9.89. The van der Waals surface area contributed by atoms with Gasteiger partial charge in [0.15, 0.2) is 5.82 Å². The highest BCUT2D eigenvalue weighted by atomic mass is 19.4. The molecule has 3 saturated heterocycles. The quantitative estimate of drug-likeness (QED) is 0.288. The van der Waals surface area contributed by atoms with Crippen LogP contribution in [-0.2, 0) is 6.18 Å². The second-order valence-corrected chi connectivity index (χ2v) is 12.5. The van der Waals surface area contributed by atoms with Gasteiger partial charge in [0.1, 0.15) is 40.9 Å². The molecule has 3 aromatic rings. The SMILES string of the molecule is Cc1c(F)c(N)cc(-c2nc3c4c(nc(OC[C@]56CCCN5C(C(F)F)CC6)nc4c2F)N2CCNC[C@H]2[C@H](C)O3)c1C(F)(F)F. The number of nitrogens with two attached hydrogens (primary N) is 1. The first-order valence-electron chi connectivity index (χ1n) is 15.2. The molecule has 3 N–H and O–H groups in total. The third-order valence-electron chi connectivity index (χ3n) is 9.89. The molecule has 4 aliphatic rings. The van der Waals surface area contributed by atoms with Crippen LogP contribution in [-0.4, -0.2) is 82.8 Å². The van der Waals surface area contributed by atoms with Gasteiger partial charge >= 0.3 is 12.2 Å². The molecule has 0 amide bonds. The van der Waals surface area contributed by atoms with Gasteiger partial charge in [-0.05, 0) is 57.7 Å². The number of pyridine rings is 1. The average Bonchev–Trinajstić information content (AvgIpc) is 3.55. The van der Waals surface area contributed by atoms with E-state index >= 15 is 4.39 Å². The van der Waals surface area contributed by atoms with E-state index in [1.807, 2.05) is 4.90 Å². The van der Waals surface area contributed by atoms with Crippen molar-refractivity contribution in [2.24, 2.45) is 0 Å². The number of benzene rings is 1. The van der Waals surface area contributed by atoms with Gasteiger partial charge in [0.2, 0.25) is 5.88 Å². The standard InChI is InChI=1S/C30H32F7N7O2/c1-13-20(30(35,36)37)15(10-16(38)21(13)31)23-22(32)24-19-26(43-9-7-39-11-18(43)14(2)46-27(19)40-23)42-28(41-24)45-12-29-5-3-8-44(29)17(4-6-29)25(33)34/h10,14,17-18,25,39H,3-9,11-12,38H2,1-2H3/t14-,17?,18-,29+/m0/s1. The highest BCUT2D eigenvalue weighted by Crippen LogP contribution is 2.47. The van der Waals surface area contributed by atoms with Crippen LogP contribution in [0.4, 0.5) is 42.2 Å². The maximum absolute atomic E-state index is 16.6. The minimum atomic E-state index is -5.08. The smallest absolute Gasteiger partial charge is 0.417 e. The molecule has 248 valence electrons. The first-order valence-corrected chi connectivity index (χ1v) is 15.2. The summed E-state index contributed by atoms with van der Waals surface area (Å²) in [5.41, 5.74) is 0.256. The van der Waals surface area contributed by atoms with Crippen molar-refractivity contribution in [3.8, 4) is 23.1 Å². The lowest BCUT2D eigenvalue weighted by molar-refractivity contribution is -0.137. The number of halogens is 7. The largest absolute Gasteiger partial charge is 0.472 e. The molecule has 7 rings (SSSR count). The van der Waals surface area contributed by atoms with E-state index in [1.54, 1.807) is 11.8 Å². The number of nitrogens with zero attached hydrogens (tertiary/aromatic N) is 5. The van der Waals surface area contributed by atoms with E-state index in [0.717, 1.165) is 6.92 Å². The zero-order chi connectivity index (χ0) is 32.7. The Hall–Kier alpha value is -3.66. The van der Waals surface area contributed by atoms with Gasteiger partial charge in [-0.25, -0.2) is 22.5 Å². The number of nitrogens with one attached hydrogen (secondary N) is 1. The van der Waals surface area contributed by atoms with Crippen LogP contribution in [0.5, 0.6) is 11.9 Å². The van der Waals surface area contributed by atoms with Gasteiger partial charge in [-0.2, -0.15) is 23.1 Å². The molecule has 0 spiro atoms. The molecular weight excluding hydrogens is 623 g/mol. The van der Waals surface area contributed by atoms with E-state index in [0.29, 0.717) is 57.9 Å². The molecule has 0 bridgehead atoms. The number of nitrogen functional groups attached to an aromatic ring is 1. The number of alkyl halides is 5. The van der Waals surface area contributed by atoms with Gasteiger partial charge in [-0.3, -0.25) is 4.90 Å². The predicted molar refractivity (Wildman–Crippen MR) is 154 cm³/mol. The van der Waals surface area contributed by atoms with Gasteiger partial charge in [0.25, 0.3) is 6.43 Å². The number of anilines is 2. The molecular formula is C30H32F7N7O2. The van der Waals surface area contributed by atoms with Crippen molar-refractivity contribution in [1.29, 1.82) is 0 Å². The first-order chi connectivity index (χ1) is 21.8. The summed E-state index contributed by atoms with van der Waals surface area (Å²) in [6.07, 6.45) is -6.05. The second-order valence-electron chi connectivity index (χ2n) is 12.5. The van der Waals surface area contributed by atoms with E-state index < -0.39 is 75.5 Å². The Balaban J connectivity index is 1.41. The Bertz CT molecular complexity index is 1710. The highest BCUT2D eigenvalue weighted by Gasteiger charge is 2.52. The third kappa shape index (κ3) is 4.78. The van der Waals surface area contributed by atoms with Crippen molar-refractivity contribution in [2.75, 3.05) is 43.4 Å². The molecule has 0 saturated carbocycles. The summed E-state index contributed by atoms with van der Waals surface area (Å²) in [7, 11) is 0. The topological polar surface area (TPSA) is 102 Å². The summed E-state index contributed by atoms with van der Waals surface area (Å²) in [4.78, 5) is 16.9. The van der Waals surface area contributed by atoms with Crippen LogP contribution < -0.4 is 25.4 Å². The summed E-state index contributed by atoms with van der Waals surface area (Å²) >= 11 is 0. The molecule has 3 fully saturated rings. The van der Waals surface area contributed by atoms with Crippen LogP contribution >= 0.6 is 0 Å². The molecule has 0 aliphatic carbocycles. The lowest BCUT2D eigenvalue weighted by Crippen LogP contribution is -2.56. The molecule has 2 aromatic heterocycles. The van der Waals surface area contributed by atoms with Crippen LogP contribution in [0.15, 0.2) is 6.07 Å². The lowest BCUT2D eigenvalue weighted by Gasteiger charge is -2.38. The molecule has 1 unspecified atom stereocenters. The Morgan fingerprint density at radius 2 is 1.93 bits per heavy atom. The maximum atomic E-state index is 16.6. The van der Waals surface area contributed by atoms with Crippen LogP contribution in [0.25, 0.3) is 22.2 Å². The molecule has 4 atom stereocenters. The first kappa shape index (κ1) is 31.0. The minimum Gasteiger partial charge on any atom is -0.472 e. The van der Waals surface area contributed by atoms with Crippen LogP contribution in [0.1, 0.15) is 43.7 Å². The number of rotatable bonds is 5. The summed E-state index contributed by atoms with van der Waals surface area (Å²) < 4.78 is 114. The van der Waals surface area contributed by atoms with Crippen molar-refractivity contribution < 1.29 is 40.2 Å². The number of ether oxygens (including phenoxy) is 2. The van der Waals surface area contributed by atoms with Crippen molar-refractivity contribution in [3.63, 3.8) is 0 Å². The fourth-order valence-electron chi connectivity index (χ4n) is 7.68. The van der Waals surface area contributed by atoms with Crippen molar-refractivity contribution in [2.45, 2.75) is 75.9 Å². The highest BCUT2D eigenvalue weighted by molar-refractivity contribution is 5.97. The Labute approximate surface area is 259 Å². The van der Waals surface area contributed by atoms with E-state index in [1.165, 1.54) is 0 Å². The van der Waals surface area contributed by atoms with E-state index in [-0.39, 0.29) is 35.7 Å². The number of fused-ring (bicyclic) bond motifs is 3. The Morgan fingerprint density at radius 3 is 2.67 bits per heavy atom. The predicted octanol–water partition coefficient (Wildman–Crippen LogP) is 5.08. The molecule has 0 radical (unpaired) electrons. The van der Waals surface area contributed by atoms with E-state index in [9.17, 15) is 26.3 Å². The summed E-state index contributed by atoms with van der Waals surface area (Å²) in [6.45, 7) is 4.59. The molecule has 4 aliphatic heterocycles. The molecule has 46 heavy (non-hydrogen) atoms. The zero-order valence-electron chi connectivity index (χ0n) is 25.0. The number of aromatic nitrogens is 3. The monoisotopic (exact) mass is 655 g/mol. The number of piperazine rings is 1. The molecule has 6 heterocycles. The van der Waals surface area contributed by atoms with Crippen molar-refractivity contribution in [1.82, 2.24) is 25.2 Å². The maximum Gasteiger partial charge on any atom is 0.417 e. The molecule has 9 nitrogen and oxygen atoms in total. The van der Waals surface area contributed by atoms with Gasteiger partial charge in [-0.15, -0.1) is 0 Å². The Kier molecular flexibility index (Phi) is 7.38. The zero-order valence-corrected chi connectivity index (χ0v) is 25.0. The normalized spacial score (nSPS) is 26.3. The molecule has 16 heteroatoms. The number of hydrogen-bond acceptors (Lipinski definition) is 9. The molecule has 1 aromatic carbocycles. The second kappa shape index (κ2) is 11.0. The van der Waals surface area contributed by atoms with Gasteiger partial charge in [-0.1, -0.05) is 0 Å². The van der Waals surface area contributed by atoms with Crippen LogP contribution in [0, 0.1) is 18.6 Å². The Morgan fingerprint density at radius 1 is 1.15 bits per heavy atom. The van der Waals surface area contributed by atoms with Gasteiger partial charge < -0.3 is 25.4 Å². The van der Waals surface area contributed by atoms with Crippen LogP contribution in [0.3, 0.4) is 0 Å².